The Balaban J connectivity index is 2.88. The minimum Gasteiger partial charge on any atom is -0.222 e. The molecule has 0 aliphatic rings. The lowest BCUT2D eigenvalue weighted by molar-refractivity contribution is 0.895. The fourth-order valence-corrected chi connectivity index (χ4v) is 3.03. The molecule has 0 saturated heterocycles. The van der Waals surface area contributed by atoms with Crippen LogP contribution in [0.2, 0.25) is 0 Å². The van der Waals surface area contributed by atoms with E-state index in [1.807, 2.05) is 12.1 Å². The zero-order valence-electron chi connectivity index (χ0n) is 5.63. The molecule has 2 rings (SSSR count). The van der Waals surface area contributed by atoms with Crippen LogP contribution in [-0.4, -0.2) is 14.6 Å². The molecule has 0 aliphatic carbocycles. The van der Waals surface area contributed by atoms with E-state index < -0.39 is 0 Å². The van der Waals surface area contributed by atoms with E-state index in [1.165, 1.54) is 0 Å². The van der Waals surface area contributed by atoms with Crippen molar-refractivity contribution in [1.82, 2.24) is 14.6 Å². The van der Waals surface area contributed by atoms with E-state index in [9.17, 15) is 0 Å². The molecule has 0 radical (unpaired) electrons. The third-order valence-corrected chi connectivity index (χ3v) is 3.03. The van der Waals surface area contributed by atoms with Gasteiger partial charge in [0.1, 0.15) is 12.0 Å². The van der Waals surface area contributed by atoms with Crippen LogP contribution in [0.1, 0.15) is 0 Å². The number of fused-ring (bicyclic) bond motifs is 1. The third-order valence-electron chi connectivity index (χ3n) is 1.32. The molecular formula is C6H2BrI2N3. The topological polar surface area (TPSA) is 30.2 Å². The predicted octanol–water partition coefficient (Wildman–Crippen LogP) is 2.70. The number of halogens is 3. The Labute approximate surface area is 104 Å². The molecule has 6 heteroatoms. The summed E-state index contributed by atoms with van der Waals surface area (Å²) in [4.78, 5) is 4.31. The minimum atomic E-state index is 0.815. The molecule has 0 spiro atoms. The molecule has 0 unspecified atom stereocenters. The second kappa shape index (κ2) is 3.37. The largest absolute Gasteiger partial charge is 0.222 e. The van der Waals surface area contributed by atoms with Crippen LogP contribution in [0.5, 0.6) is 0 Å². The maximum absolute atomic E-state index is 4.31. The van der Waals surface area contributed by atoms with Crippen LogP contribution >= 0.6 is 61.1 Å². The van der Waals surface area contributed by atoms with Gasteiger partial charge in [-0.3, -0.25) is 0 Å². The van der Waals surface area contributed by atoms with Crippen molar-refractivity contribution in [1.29, 1.82) is 0 Å². The minimum absolute atomic E-state index is 0.815. The molecule has 0 bridgehead atoms. The van der Waals surface area contributed by atoms with Gasteiger partial charge in [0.25, 0.3) is 0 Å². The molecule has 0 fully saturated rings. The average molecular weight is 450 g/mol. The van der Waals surface area contributed by atoms with Gasteiger partial charge in [0, 0.05) is 12.1 Å². The number of aromatic nitrogens is 3. The highest BCUT2D eigenvalue weighted by Gasteiger charge is 2.04. The molecule has 2 aromatic heterocycles. The first kappa shape index (κ1) is 9.13. The molecule has 62 valence electrons. The van der Waals surface area contributed by atoms with E-state index in [-0.39, 0.29) is 0 Å². The molecule has 12 heavy (non-hydrogen) atoms. The summed E-state index contributed by atoms with van der Waals surface area (Å²) in [6.07, 6.45) is 0. The van der Waals surface area contributed by atoms with Gasteiger partial charge in [0.05, 0.1) is 0 Å². The van der Waals surface area contributed by atoms with Crippen molar-refractivity contribution < 1.29 is 0 Å². The number of rotatable bonds is 0. The predicted molar refractivity (Wildman–Crippen MR) is 66.1 cm³/mol. The van der Waals surface area contributed by atoms with Gasteiger partial charge in [-0.15, -0.1) is 0 Å². The SMILES string of the molecule is Brc1cc2nc(I)cc(I)n2n1. The quantitative estimate of drug-likeness (QED) is 0.457. The summed E-state index contributed by atoms with van der Waals surface area (Å²) in [6.45, 7) is 0. The van der Waals surface area contributed by atoms with Gasteiger partial charge in [-0.25, -0.2) is 9.50 Å². The summed E-state index contributed by atoms with van der Waals surface area (Å²) in [7, 11) is 0. The maximum atomic E-state index is 4.31. The van der Waals surface area contributed by atoms with Gasteiger partial charge in [-0.1, -0.05) is 0 Å². The zero-order valence-corrected chi connectivity index (χ0v) is 11.5. The lowest BCUT2D eigenvalue weighted by Crippen LogP contribution is -1.96. The maximum Gasteiger partial charge on any atom is 0.158 e. The Kier molecular flexibility index (Phi) is 2.56. The van der Waals surface area contributed by atoms with Gasteiger partial charge in [-0.2, -0.15) is 5.10 Å². The highest BCUT2D eigenvalue weighted by Crippen LogP contribution is 2.15. The van der Waals surface area contributed by atoms with Gasteiger partial charge < -0.3 is 0 Å². The lowest BCUT2D eigenvalue weighted by atomic mass is 10.6. The molecule has 0 aliphatic heterocycles. The van der Waals surface area contributed by atoms with E-state index in [0.717, 1.165) is 17.7 Å². The second-order valence-electron chi connectivity index (χ2n) is 2.14. The average Bonchev–Trinajstić information content (AvgIpc) is 2.29. The van der Waals surface area contributed by atoms with Crippen LogP contribution < -0.4 is 0 Å². The molecular weight excluding hydrogens is 448 g/mol. The fourth-order valence-electron chi connectivity index (χ4n) is 0.881. The van der Waals surface area contributed by atoms with Crippen molar-refractivity contribution >= 4 is 66.8 Å². The Hall–Kier alpha value is 0.560. The van der Waals surface area contributed by atoms with Crippen LogP contribution in [0.3, 0.4) is 0 Å². The Bertz CT molecular complexity index is 440. The summed E-state index contributed by atoms with van der Waals surface area (Å²) in [5, 5.41) is 4.21. The normalized spacial score (nSPS) is 10.9. The van der Waals surface area contributed by atoms with Crippen LogP contribution in [0.15, 0.2) is 16.7 Å². The molecule has 2 heterocycles. The Morgan fingerprint density at radius 2 is 2.08 bits per heavy atom. The van der Waals surface area contributed by atoms with Crippen molar-refractivity contribution in [3.63, 3.8) is 0 Å². The van der Waals surface area contributed by atoms with Gasteiger partial charge in [0.15, 0.2) is 5.65 Å². The molecule has 0 N–H and O–H groups in total. The van der Waals surface area contributed by atoms with Crippen molar-refractivity contribution in [3.8, 4) is 0 Å². The van der Waals surface area contributed by atoms with Crippen molar-refractivity contribution in [2.75, 3.05) is 0 Å². The van der Waals surface area contributed by atoms with Crippen LogP contribution in [0.4, 0.5) is 0 Å². The standard InChI is InChI=1S/C6H2BrI2N3/c7-3-1-6-10-4(8)2-5(9)12(6)11-3/h1-2H. The van der Waals surface area contributed by atoms with Crippen LogP contribution in [0.25, 0.3) is 5.65 Å². The molecule has 3 nitrogen and oxygen atoms in total. The first-order valence-corrected chi connectivity index (χ1v) is 5.99. The van der Waals surface area contributed by atoms with Gasteiger partial charge in [0.2, 0.25) is 0 Å². The first-order chi connectivity index (χ1) is 5.66. The zero-order chi connectivity index (χ0) is 8.72. The van der Waals surface area contributed by atoms with Crippen molar-refractivity contribution in [3.05, 3.63) is 24.1 Å². The van der Waals surface area contributed by atoms with E-state index >= 15 is 0 Å². The van der Waals surface area contributed by atoms with Crippen molar-refractivity contribution in [2.24, 2.45) is 0 Å². The molecule has 0 amide bonds. The highest BCUT2D eigenvalue weighted by atomic mass is 127. The van der Waals surface area contributed by atoms with Gasteiger partial charge >= 0.3 is 0 Å². The summed E-state index contributed by atoms with van der Waals surface area (Å²) < 4.78 is 4.66. The molecule has 0 aromatic carbocycles. The van der Waals surface area contributed by atoms with E-state index in [4.69, 9.17) is 0 Å². The summed E-state index contributed by atoms with van der Waals surface area (Å²) in [6, 6.07) is 3.87. The summed E-state index contributed by atoms with van der Waals surface area (Å²) >= 11 is 7.73. The number of nitrogens with zero attached hydrogens (tertiary/aromatic N) is 3. The second-order valence-corrected chi connectivity index (χ2v) is 5.16. The lowest BCUT2D eigenvalue weighted by Gasteiger charge is -1.96. The van der Waals surface area contributed by atoms with E-state index in [1.54, 1.807) is 4.52 Å². The highest BCUT2D eigenvalue weighted by molar-refractivity contribution is 14.1. The molecule has 0 atom stereocenters. The molecule has 2 aromatic rings. The Morgan fingerprint density at radius 3 is 2.83 bits per heavy atom. The monoisotopic (exact) mass is 449 g/mol. The Morgan fingerprint density at radius 1 is 1.33 bits per heavy atom. The number of hydrogen-bond acceptors (Lipinski definition) is 2. The van der Waals surface area contributed by atoms with E-state index in [0.29, 0.717) is 0 Å². The summed E-state index contributed by atoms with van der Waals surface area (Å²) in [5.41, 5.74) is 0.873. The van der Waals surface area contributed by atoms with Crippen LogP contribution in [0, 0.1) is 7.40 Å². The van der Waals surface area contributed by atoms with E-state index in [2.05, 4.69) is 71.2 Å². The fraction of sp³-hybridized carbons (Fsp3) is 0. The third kappa shape index (κ3) is 1.60. The first-order valence-electron chi connectivity index (χ1n) is 3.04. The summed E-state index contributed by atoms with van der Waals surface area (Å²) in [5.74, 6) is 0. The van der Waals surface area contributed by atoms with Crippen molar-refractivity contribution in [2.45, 2.75) is 0 Å². The molecule has 0 saturated carbocycles. The van der Waals surface area contributed by atoms with Gasteiger partial charge in [-0.05, 0) is 61.1 Å². The smallest absolute Gasteiger partial charge is 0.158 e. The van der Waals surface area contributed by atoms with Crippen LogP contribution in [-0.2, 0) is 0 Å². The number of hydrogen-bond donors (Lipinski definition) is 0.